The minimum absolute atomic E-state index is 0.0760. The minimum atomic E-state index is 0.0760. The van der Waals surface area contributed by atoms with Crippen LogP contribution in [0.3, 0.4) is 0 Å². The number of allylic oxidation sites excluding steroid dienone is 3. The molecule has 1 heterocycles. The van der Waals surface area contributed by atoms with Crippen LogP contribution < -0.4 is 0 Å². The SMILES string of the molecule is C=C(/C=N\C(C)=C(C)C)c1ccc(C(C)(C)C)nc1. The molecule has 0 fully saturated rings. The summed E-state index contributed by atoms with van der Waals surface area (Å²) in [5.74, 6) is 0. The molecule has 0 bridgehead atoms. The second-order valence-electron chi connectivity index (χ2n) is 6.05. The maximum atomic E-state index is 4.50. The lowest BCUT2D eigenvalue weighted by molar-refractivity contribution is 0.569. The third-order valence-corrected chi connectivity index (χ3v) is 3.04. The maximum Gasteiger partial charge on any atom is 0.0457 e. The predicted octanol–water partition coefficient (Wildman–Crippen LogP) is 4.78. The third-order valence-electron chi connectivity index (χ3n) is 3.04. The molecule has 1 rings (SSSR count). The van der Waals surface area contributed by atoms with E-state index in [0.717, 1.165) is 22.5 Å². The summed E-state index contributed by atoms with van der Waals surface area (Å²) in [5, 5.41) is 0. The second-order valence-corrected chi connectivity index (χ2v) is 6.05. The Morgan fingerprint density at radius 2 is 1.84 bits per heavy atom. The first kappa shape index (κ1) is 15.4. The summed E-state index contributed by atoms with van der Waals surface area (Å²) >= 11 is 0. The molecular formula is C17H24N2. The molecule has 0 aromatic carbocycles. The van der Waals surface area contributed by atoms with Gasteiger partial charge in [-0.15, -0.1) is 0 Å². The lowest BCUT2D eigenvalue weighted by Gasteiger charge is -2.17. The zero-order chi connectivity index (χ0) is 14.6. The molecule has 2 heteroatoms. The van der Waals surface area contributed by atoms with Gasteiger partial charge < -0.3 is 0 Å². The molecule has 2 nitrogen and oxygen atoms in total. The fourth-order valence-electron chi connectivity index (χ4n) is 1.41. The standard InChI is InChI=1S/C17H24N2/c1-12(2)14(4)18-10-13(3)15-8-9-16(19-11-15)17(5,6)7/h8-11H,3H2,1-2,4-7H3/b18-10-. The van der Waals surface area contributed by atoms with Gasteiger partial charge in [0.05, 0.1) is 0 Å². The quantitative estimate of drug-likeness (QED) is 0.715. The van der Waals surface area contributed by atoms with Gasteiger partial charge in [-0.25, -0.2) is 0 Å². The lowest BCUT2D eigenvalue weighted by Crippen LogP contribution is -2.13. The summed E-state index contributed by atoms with van der Waals surface area (Å²) in [4.78, 5) is 8.90. The van der Waals surface area contributed by atoms with Crippen LogP contribution in [-0.2, 0) is 5.41 Å². The van der Waals surface area contributed by atoms with E-state index in [-0.39, 0.29) is 5.41 Å². The van der Waals surface area contributed by atoms with Gasteiger partial charge in [-0.2, -0.15) is 0 Å². The Bertz CT molecular complexity index is 507. The van der Waals surface area contributed by atoms with E-state index >= 15 is 0 Å². The molecule has 0 saturated carbocycles. The highest BCUT2D eigenvalue weighted by Crippen LogP contribution is 2.21. The molecule has 0 N–H and O–H groups in total. The van der Waals surface area contributed by atoms with E-state index in [1.807, 2.05) is 13.1 Å². The largest absolute Gasteiger partial charge is 0.261 e. The smallest absolute Gasteiger partial charge is 0.0457 e. The van der Waals surface area contributed by atoms with Crippen molar-refractivity contribution in [1.29, 1.82) is 0 Å². The van der Waals surface area contributed by atoms with Gasteiger partial charge in [-0.3, -0.25) is 9.98 Å². The van der Waals surface area contributed by atoms with Crippen LogP contribution >= 0.6 is 0 Å². The number of rotatable bonds is 3. The fourth-order valence-corrected chi connectivity index (χ4v) is 1.41. The summed E-state index contributed by atoms with van der Waals surface area (Å²) in [6.07, 6.45) is 3.67. The van der Waals surface area contributed by atoms with Gasteiger partial charge in [0.25, 0.3) is 0 Å². The maximum absolute atomic E-state index is 4.50. The van der Waals surface area contributed by atoms with Crippen molar-refractivity contribution in [2.75, 3.05) is 0 Å². The van der Waals surface area contributed by atoms with Gasteiger partial charge in [0.1, 0.15) is 0 Å². The highest BCUT2D eigenvalue weighted by molar-refractivity contribution is 6.08. The number of hydrogen-bond acceptors (Lipinski definition) is 2. The van der Waals surface area contributed by atoms with Crippen LogP contribution in [0.15, 0.2) is 41.2 Å². The van der Waals surface area contributed by atoms with E-state index in [0.29, 0.717) is 0 Å². The Kier molecular flexibility index (Phi) is 4.82. The number of nitrogens with zero attached hydrogens (tertiary/aromatic N) is 2. The van der Waals surface area contributed by atoms with Crippen molar-refractivity contribution < 1.29 is 0 Å². The Labute approximate surface area is 117 Å². The highest BCUT2D eigenvalue weighted by atomic mass is 14.7. The normalized spacial score (nSPS) is 11.7. The van der Waals surface area contributed by atoms with Gasteiger partial charge in [-0.05, 0) is 32.4 Å². The van der Waals surface area contributed by atoms with Crippen molar-refractivity contribution in [2.45, 2.75) is 47.0 Å². The molecule has 1 aromatic rings. The van der Waals surface area contributed by atoms with Gasteiger partial charge in [-0.1, -0.05) is 39.0 Å². The summed E-state index contributed by atoms with van der Waals surface area (Å²) in [6, 6.07) is 4.11. The van der Waals surface area contributed by atoms with Crippen molar-refractivity contribution in [1.82, 2.24) is 4.98 Å². The van der Waals surface area contributed by atoms with Crippen LogP contribution in [0.25, 0.3) is 5.57 Å². The first-order valence-corrected chi connectivity index (χ1v) is 6.56. The molecule has 0 aliphatic carbocycles. The average molecular weight is 256 g/mol. The molecule has 102 valence electrons. The molecular weight excluding hydrogens is 232 g/mol. The highest BCUT2D eigenvalue weighted by Gasteiger charge is 2.14. The number of pyridine rings is 1. The molecule has 0 atom stereocenters. The molecule has 0 unspecified atom stereocenters. The lowest BCUT2D eigenvalue weighted by atomic mass is 9.91. The molecule has 0 saturated heterocycles. The summed E-state index contributed by atoms with van der Waals surface area (Å²) in [5.41, 5.74) is 5.30. The van der Waals surface area contributed by atoms with Gasteiger partial charge in [0.15, 0.2) is 0 Å². The van der Waals surface area contributed by atoms with Crippen LogP contribution in [0.5, 0.6) is 0 Å². The monoisotopic (exact) mass is 256 g/mol. The Hall–Kier alpha value is -1.70. The Morgan fingerprint density at radius 1 is 1.21 bits per heavy atom. The van der Waals surface area contributed by atoms with E-state index in [1.54, 1.807) is 6.21 Å². The zero-order valence-electron chi connectivity index (χ0n) is 12.9. The third kappa shape index (κ3) is 4.47. The Morgan fingerprint density at radius 3 is 2.26 bits per heavy atom. The fraction of sp³-hybridized carbons (Fsp3) is 0.412. The molecule has 19 heavy (non-hydrogen) atoms. The molecule has 0 spiro atoms. The minimum Gasteiger partial charge on any atom is -0.261 e. The van der Waals surface area contributed by atoms with Crippen LogP contribution in [0.2, 0.25) is 0 Å². The summed E-state index contributed by atoms with van der Waals surface area (Å²) < 4.78 is 0. The van der Waals surface area contributed by atoms with Gasteiger partial charge in [0, 0.05) is 34.8 Å². The van der Waals surface area contributed by atoms with Crippen molar-refractivity contribution in [3.63, 3.8) is 0 Å². The first-order valence-electron chi connectivity index (χ1n) is 6.56. The van der Waals surface area contributed by atoms with E-state index in [2.05, 4.69) is 63.3 Å². The van der Waals surface area contributed by atoms with E-state index in [4.69, 9.17) is 0 Å². The van der Waals surface area contributed by atoms with Gasteiger partial charge in [0.2, 0.25) is 0 Å². The molecule has 0 aliphatic heterocycles. The number of aromatic nitrogens is 1. The van der Waals surface area contributed by atoms with Crippen LogP contribution in [0.4, 0.5) is 0 Å². The topological polar surface area (TPSA) is 25.2 Å². The summed E-state index contributed by atoms with van der Waals surface area (Å²) in [7, 11) is 0. The molecule has 1 aromatic heterocycles. The molecule has 0 amide bonds. The second kappa shape index (κ2) is 5.96. The van der Waals surface area contributed by atoms with Crippen LogP contribution in [0.1, 0.15) is 52.8 Å². The van der Waals surface area contributed by atoms with Crippen molar-refractivity contribution in [3.05, 3.63) is 47.4 Å². The van der Waals surface area contributed by atoms with E-state index in [9.17, 15) is 0 Å². The predicted molar refractivity (Wildman–Crippen MR) is 84.5 cm³/mol. The van der Waals surface area contributed by atoms with E-state index in [1.165, 1.54) is 5.57 Å². The first-order chi connectivity index (χ1) is 8.71. The molecule has 0 radical (unpaired) electrons. The summed E-state index contributed by atoms with van der Waals surface area (Å²) in [6.45, 7) is 16.6. The van der Waals surface area contributed by atoms with Crippen molar-refractivity contribution >= 4 is 11.8 Å². The number of hydrogen-bond donors (Lipinski definition) is 0. The van der Waals surface area contributed by atoms with Crippen LogP contribution in [0, 0.1) is 0 Å². The van der Waals surface area contributed by atoms with Gasteiger partial charge >= 0.3 is 0 Å². The average Bonchev–Trinajstić information content (AvgIpc) is 2.34. The van der Waals surface area contributed by atoms with Crippen LogP contribution in [-0.4, -0.2) is 11.2 Å². The molecule has 0 aliphatic rings. The van der Waals surface area contributed by atoms with E-state index < -0.39 is 0 Å². The zero-order valence-corrected chi connectivity index (χ0v) is 12.9. The number of aliphatic imine (C=N–C) groups is 1. The van der Waals surface area contributed by atoms with Crippen molar-refractivity contribution in [2.24, 2.45) is 4.99 Å². The van der Waals surface area contributed by atoms with Crippen molar-refractivity contribution in [3.8, 4) is 0 Å². The Balaban J connectivity index is 2.88.